The van der Waals surface area contributed by atoms with Crippen molar-refractivity contribution in [1.29, 1.82) is 0 Å². The molecular weight excluding hydrogens is 246 g/mol. The van der Waals surface area contributed by atoms with Crippen molar-refractivity contribution >= 4 is 0 Å². The smallest absolute Gasteiger partial charge is 0.0740 e. The summed E-state index contributed by atoms with van der Waals surface area (Å²) in [6, 6.07) is 18.8. The van der Waals surface area contributed by atoms with E-state index in [2.05, 4.69) is 54.7 Å². The number of aliphatic hydroxyl groups is 1. The zero-order valence-corrected chi connectivity index (χ0v) is 11.8. The lowest BCUT2D eigenvalue weighted by molar-refractivity contribution is 0.116. The Labute approximate surface area is 120 Å². The van der Waals surface area contributed by atoms with Crippen LogP contribution in [0, 0.1) is 0 Å². The van der Waals surface area contributed by atoms with Gasteiger partial charge in [0.2, 0.25) is 0 Å². The molecule has 3 atom stereocenters. The highest BCUT2D eigenvalue weighted by molar-refractivity contribution is 5.34. The number of nitrogens with one attached hydrogen (secondary N) is 1. The molecule has 0 saturated carbocycles. The first-order chi connectivity index (χ1) is 9.75. The third kappa shape index (κ3) is 2.62. The summed E-state index contributed by atoms with van der Waals surface area (Å²) in [5, 5.41) is 14.0. The third-order valence-corrected chi connectivity index (χ3v) is 4.25. The molecule has 2 aromatic carbocycles. The molecule has 2 heteroatoms. The van der Waals surface area contributed by atoms with Gasteiger partial charge in [-0.25, -0.2) is 0 Å². The summed E-state index contributed by atoms with van der Waals surface area (Å²) in [5.41, 5.74) is 3.85. The normalized spacial score (nSPS) is 20.4. The number of fused-ring (bicyclic) bond motifs is 1. The zero-order valence-electron chi connectivity index (χ0n) is 11.8. The van der Waals surface area contributed by atoms with Gasteiger partial charge < -0.3 is 10.4 Å². The molecule has 2 nitrogen and oxygen atoms in total. The molecule has 3 unspecified atom stereocenters. The largest absolute Gasteiger partial charge is 0.391 e. The van der Waals surface area contributed by atoms with Gasteiger partial charge >= 0.3 is 0 Å². The van der Waals surface area contributed by atoms with Crippen molar-refractivity contribution in [3.63, 3.8) is 0 Å². The van der Waals surface area contributed by atoms with Gasteiger partial charge in [-0.3, -0.25) is 0 Å². The molecule has 3 rings (SSSR count). The second-order valence-electron chi connectivity index (χ2n) is 5.67. The maximum atomic E-state index is 10.6. The van der Waals surface area contributed by atoms with Gasteiger partial charge in [0.25, 0.3) is 0 Å². The van der Waals surface area contributed by atoms with E-state index in [1.807, 2.05) is 12.1 Å². The van der Waals surface area contributed by atoms with Gasteiger partial charge in [0.15, 0.2) is 0 Å². The molecule has 0 aliphatic carbocycles. The van der Waals surface area contributed by atoms with Crippen LogP contribution in [0.25, 0.3) is 0 Å². The van der Waals surface area contributed by atoms with Crippen molar-refractivity contribution in [1.82, 2.24) is 5.32 Å². The molecule has 0 spiro atoms. The molecule has 2 aromatic rings. The summed E-state index contributed by atoms with van der Waals surface area (Å²) in [5.74, 6) is 0.362. The van der Waals surface area contributed by atoms with Crippen LogP contribution in [0.4, 0.5) is 0 Å². The number of hydrogen-bond donors (Lipinski definition) is 2. The highest BCUT2D eigenvalue weighted by atomic mass is 16.3. The van der Waals surface area contributed by atoms with E-state index < -0.39 is 0 Å². The van der Waals surface area contributed by atoms with Gasteiger partial charge in [-0.1, -0.05) is 61.5 Å². The Morgan fingerprint density at radius 2 is 1.80 bits per heavy atom. The van der Waals surface area contributed by atoms with E-state index in [0.717, 1.165) is 13.0 Å². The van der Waals surface area contributed by atoms with E-state index in [4.69, 9.17) is 0 Å². The molecule has 1 aliphatic heterocycles. The monoisotopic (exact) mass is 267 g/mol. The fourth-order valence-electron chi connectivity index (χ4n) is 3.09. The van der Waals surface area contributed by atoms with Crippen LogP contribution >= 0.6 is 0 Å². The minimum absolute atomic E-state index is 0.0670. The molecule has 0 fully saturated rings. The molecule has 20 heavy (non-hydrogen) atoms. The quantitative estimate of drug-likeness (QED) is 0.890. The molecular formula is C18H21NO. The van der Waals surface area contributed by atoms with Crippen molar-refractivity contribution in [3.05, 3.63) is 71.3 Å². The first kappa shape index (κ1) is 13.3. The fraction of sp³-hybridized carbons (Fsp3) is 0.333. The molecule has 2 N–H and O–H groups in total. The SMILES string of the molecule is CC(CC(O)C1NCc2ccccc21)c1ccccc1. The van der Waals surface area contributed by atoms with Crippen LogP contribution in [0.1, 0.15) is 42.0 Å². The van der Waals surface area contributed by atoms with Gasteiger partial charge in [0.1, 0.15) is 0 Å². The lowest BCUT2D eigenvalue weighted by Crippen LogP contribution is -2.27. The van der Waals surface area contributed by atoms with Crippen LogP contribution in [0.2, 0.25) is 0 Å². The average Bonchev–Trinajstić information content (AvgIpc) is 2.92. The summed E-state index contributed by atoms with van der Waals surface area (Å²) in [6.07, 6.45) is 0.421. The minimum Gasteiger partial charge on any atom is -0.391 e. The van der Waals surface area contributed by atoms with E-state index in [1.165, 1.54) is 16.7 Å². The second-order valence-corrected chi connectivity index (χ2v) is 5.67. The number of aliphatic hydroxyl groups excluding tert-OH is 1. The Kier molecular flexibility index (Phi) is 3.86. The van der Waals surface area contributed by atoms with Crippen molar-refractivity contribution in [3.8, 4) is 0 Å². The number of benzene rings is 2. The average molecular weight is 267 g/mol. The van der Waals surface area contributed by atoms with Crippen LogP contribution in [0.3, 0.4) is 0 Å². The number of hydrogen-bond acceptors (Lipinski definition) is 2. The molecule has 0 aromatic heterocycles. The summed E-state index contributed by atoms with van der Waals surface area (Å²) in [7, 11) is 0. The molecule has 1 aliphatic rings. The first-order valence-corrected chi connectivity index (χ1v) is 7.30. The van der Waals surface area contributed by atoms with Crippen LogP contribution < -0.4 is 5.32 Å². The second kappa shape index (κ2) is 5.78. The van der Waals surface area contributed by atoms with Gasteiger partial charge in [-0.15, -0.1) is 0 Å². The Morgan fingerprint density at radius 3 is 2.60 bits per heavy atom. The maximum Gasteiger partial charge on any atom is 0.0740 e. The van der Waals surface area contributed by atoms with Gasteiger partial charge in [0, 0.05) is 6.54 Å². The first-order valence-electron chi connectivity index (χ1n) is 7.30. The summed E-state index contributed by atoms with van der Waals surface area (Å²) in [6.45, 7) is 3.04. The van der Waals surface area contributed by atoms with Crippen molar-refractivity contribution in [2.24, 2.45) is 0 Å². The number of rotatable bonds is 4. The fourth-order valence-corrected chi connectivity index (χ4v) is 3.09. The minimum atomic E-state index is -0.353. The molecule has 0 radical (unpaired) electrons. The standard InChI is InChI=1S/C18H21NO/c1-13(14-7-3-2-4-8-14)11-17(20)18-16-10-6-5-9-15(16)12-19-18/h2-10,13,17-20H,11-12H2,1H3. The Bertz CT molecular complexity index is 567. The van der Waals surface area contributed by atoms with Crippen molar-refractivity contribution in [2.75, 3.05) is 0 Å². The third-order valence-electron chi connectivity index (χ3n) is 4.25. The molecule has 104 valence electrons. The highest BCUT2D eigenvalue weighted by Crippen LogP contribution is 2.32. The molecule has 0 amide bonds. The Balaban J connectivity index is 1.70. The van der Waals surface area contributed by atoms with E-state index in [1.54, 1.807) is 0 Å². The van der Waals surface area contributed by atoms with Crippen molar-refractivity contribution in [2.45, 2.75) is 38.0 Å². The van der Waals surface area contributed by atoms with Crippen LogP contribution in [0.15, 0.2) is 54.6 Å². The summed E-state index contributed by atoms with van der Waals surface area (Å²) >= 11 is 0. The summed E-state index contributed by atoms with van der Waals surface area (Å²) in [4.78, 5) is 0. The van der Waals surface area contributed by atoms with Crippen LogP contribution in [-0.2, 0) is 6.54 Å². The van der Waals surface area contributed by atoms with E-state index in [-0.39, 0.29) is 12.1 Å². The Morgan fingerprint density at radius 1 is 1.10 bits per heavy atom. The lowest BCUT2D eigenvalue weighted by atomic mass is 9.90. The molecule has 0 bridgehead atoms. The Hall–Kier alpha value is -1.64. The highest BCUT2D eigenvalue weighted by Gasteiger charge is 2.28. The van der Waals surface area contributed by atoms with E-state index in [9.17, 15) is 5.11 Å². The lowest BCUT2D eigenvalue weighted by Gasteiger charge is -2.23. The molecule has 0 saturated heterocycles. The van der Waals surface area contributed by atoms with Gasteiger partial charge in [-0.2, -0.15) is 0 Å². The predicted octanol–water partition coefficient (Wildman–Crippen LogP) is 3.39. The van der Waals surface area contributed by atoms with Crippen LogP contribution in [-0.4, -0.2) is 11.2 Å². The zero-order chi connectivity index (χ0) is 13.9. The molecule has 1 heterocycles. The maximum absolute atomic E-state index is 10.6. The topological polar surface area (TPSA) is 32.3 Å². The predicted molar refractivity (Wildman–Crippen MR) is 81.5 cm³/mol. The van der Waals surface area contributed by atoms with Gasteiger partial charge in [-0.05, 0) is 29.0 Å². The van der Waals surface area contributed by atoms with Crippen LogP contribution in [0.5, 0.6) is 0 Å². The summed E-state index contributed by atoms with van der Waals surface area (Å²) < 4.78 is 0. The van der Waals surface area contributed by atoms with E-state index in [0.29, 0.717) is 5.92 Å². The van der Waals surface area contributed by atoms with Gasteiger partial charge in [0.05, 0.1) is 12.1 Å². The van der Waals surface area contributed by atoms with Crippen molar-refractivity contribution < 1.29 is 5.11 Å². The van der Waals surface area contributed by atoms with E-state index >= 15 is 0 Å².